The van der Waals surface area contributed by atoms with Crippen molar-refractivity contribution in [2.24, 2.45) is 0 Å². The van der Waals surface area contributed by atoms with Crippen LogP contribution >= 0.6 is 0 Å². The SMILES string of the molecule is c1ccc(-n2c3ccccc3c3cc(-c4ccc(N(c5cccc6c5-c5ccccc5C6(c5ccccc5)c5ccccc5)c5cccc6ccc7ccccc7c56)cc4)ccc32)cc1. The largest absolute Gasteiger partial charge is 0.309 e. The molecule has 0 amide bonds. The molecular formula is C63H42N2. The van der Waals surface area contributed by atoms with Crippen molar-refractivity contribution in [2.75, 3.05) is 4.90 Å². The minimum absolute atomic E-state index is 0.520. The van der Waals surface area contributed by atoms with Gasteiger partial charge in [0.1, 0.15) is 0 Å². The molecule has 0 saturated heterocycles. The first-order valence-corrected chi connectivity index (χ1v) is 22.5. The van der Waals surface area contributed by atoms with Crippen molar-refractivity contribution in [2.45, 2.75) is 5.41 Å². The van der Waals surface area contributed by atoms with E-state index in [9.17, 15) is 0 Å². The van der Waals surface area contributed by atoms with Gasteiger partial charge < -0.3 is 9.47 Å². The smallest absolute Gasteiger partial charge is 0.0714 e. The normalized spacial score (nSPS) is 12.7. The average Bonchev–Trinajstić information content (AvgIpc) is 3.88. The lowest BCUT2D eigenvalue weighted by molar-refractivity contribution is 0.768. The van der Waals surface area contributed by atoms with Gasteiger partial charge in [-0.05, 0) is 110 Å². The summed E-state index contributed by atoms with van der Waals surface area (Å²) in [5, 5.41) is 7.40. The second-order valence-electron chi connectivity index (χ2n) is 17.2. The lowest BCUT2D eigenvalue weighted by atomic mass is 9.68. The van der Waals surface area contributed by atoms with Crippen molar-refractivity contribution >= 4 is 60.4 Å². The van der Waals surface area contributed by atoms with E-state index >= 15 is 0 Å². The molecule has 0 atom stereocenters. The Bertz CT molecular complexity index is 3720. The molecule has 0 N–H and O–H groups in total. The van der Waals surface area contributed by atoms with E-state index in [4.69, 9.17) is 0 Å². The fourth-order valence-corrected chi connectivity index (χ4v) is 11.1. The Balaban J connectivity index is 1.05. The number of benzene rings is 11. The van der Waals surface area contributed by atoms with Crippen molar-refractivity contribution in [1.29, 1.82) is 0 Å². The summed E-state index contributed by atoms with van der Waals surface area (Å²) in [6.07, 6.45) is 0. The van der Waals surface area contributed by atoms with E-state index in [0.717, 1.165) is 22.7 Å². The predicted octanol–water partition coefficient (Wildman–Crippen LogP) is 16.6. The highest BCUT2D eigenvalue weighted by Gasteiger charge is 2.47. The fraction of sp³-hybridized carbons (Fsp3) is 0.0159. The Hall–Kier alpha value is -8.46. The number of hydrogen-bond acceptors (Lipinski definition) is 1. The van der Waals surface area contributed by atoms with E-state index in [-0.39, 0.29) is 0 Å². The summed E-state index contributed by atoms with van der Waals surface area (Å²) in [5.41, 5.74) is 16.4. The van der Waals surface area contributed by atoms with Crippen molar-refractivity contribution < 1.29 is 0 Å². The van der Waals surface area contributed by atoms with Gasteiger partial charge in [-0.2, -0.15) is 0 Å². The van der Waals surface area contributed by atoms with Crippen molar-refractivity contribution in [3.8, 4) is 27.9 Å². The molecule has 0 fully saturated rings. The summed E-state index contributed by atoms with van der Waals surface area (Å²) in [7, 11) is 0. The molecule has 13 rings (SSSR count). The maximum absolute atomic E-state index is 2.52. The monoisotopic (exact) mass is 826 g/mol. The lowest BCUT2D eigenvalue weighted by Gasteiger charge is -2.34. The molecular weight excluding hydrogens is 785 g/mol. The van der Waals surface area contributed by atoms with Crippen LogP contribution in [0.15, 0.2) is 255 Å². The van der Waals surface area contributed by atoms with Gasteiger partial charge in [0.25, 0.3) is 0 Å². The van der Waals surface area contributed by atoms with Gasteiger partial charge in [0.2, 0.25) is 0 Å². The van der Waals surface area contributed by atoms with Gasteiger partial charge in [0, 0.05) is 33.1 Å². The Morgan fingerprint density at radius 2 is 0.923 bits per heavy atom. The molecule has 0 radical (unpaired) electrons. The van der Waals surface area contributed by atoms with E-state index in [1.165, 1.54) is 87.9 Å². The molecule has 304 valence electrons. The number of aromatic nitrogens is 1. The van der Waals surface area contributed by atoms with E-state index in [1.807, 2.05) is 0 Å². The Kier molecular flexibility index (Phi) is 8.47. The van der Waals surface area contributed by atoms with Gasteiger partial charge >= 0.3 is 0 Å². The van der Waals surface area contributed by atoms with Crippen LogP contribution in [0.4, 0.5) is 17.1 Å². The van der Waals surface area contributed by atoms with Crippen LogP contribution in [-0.2, 0) is 5.41 Å². The molecule has 0 aliphatic heterocycles. The minimum atomic E-state index is -0.520. The second kappa shape index (κ2) is 14.8. The molecule has 0 unspecified atom stereocenters. The predicted molar refractivity (Wildman–Crippen MR) is 273 cm³/mol. The van der Waals surface area contributed by atoms with Crippen LogP contribution in [0.5, 0.6) is 0 Å². The average molecular weight is 827 g/mol. The number of para-hydroxylation sites is 2. The van der Waals surface area contributed by atoms with Crippen LogP contribution in [0.25, 0.3) is 71.3 Å². The van der Waals surface area contributed by atoms with Crippen LogP contribution in [0.3, 0.4) is 0 Å². The highest BCUT2D eigenvalue weighted by Crippen LogP contribution is 2.60. The van der Waals surface area contributed by atoms with Gasteiger partial charge in [-0.3, -0.25) is 0 Å². The van der Waals surface area contributed by atoms with Crippen molar-refractivity contribution in [1.82, 2.24) is 4.57 Å². The molecule has 1 aliphatic carbocycles. The topological polar surface area (TPSA) is 8.17 Å². The Morgan fingerprint density at radius 1 is 0.354 bits per heavy atom. The minimum Gasteiger partial charge on any atom is -0.309 e. The standard InChI is InChI=1S/C63H42N2/c1-4-20-47(21-5-1)63(48-22-6-2-7-23-48)55-29-14-12-28-53(55)62-56(63)30-17-33-60(62)65(59-32-16-19-45-35-34-44-18-10-11-26-51(44)61(45)59)50-39-36-43(37-40-50)46-38-41-58-54(42-46)52-27-13-15-31-57(52)64(58)49-24-8-3-9-25-49/h1-42H. The zero-order valence-electron chi connectivity index (χ0n) is 35.6. The van der Waals surface area contributed by atoms with Crippen LogP contribution < -0.4 is 4.90 Å². The van der Waals surface area contributed by atoms with Gasteiger partial charge in [0.15, 0.2) is 0 Å². The van der Waals surface area contributed by atoms with Gasteiger partial charge in [-0.15, -0.1) is 0 Å². The van der Waals surface area contributed by atoms with Gasteiger partial charge in [0.05, 0.1) is 27.8 Å². The maximum Gasteiger partial charge on any atom is 0.0714 e. The van der Waals surface area contributed by atoms with E-state index in [2.05, 4.69) is 264 Å². The maximum atomic E-state index is 2.52. The van der Waals surface area contributed by atoms with Gasteiger partial charge in [-0.1, -0.05) is 200 Å². The second-order valence-corrected chi connectivity index (χ2v) is 17.2. The molecule has 1 aliphatic rings. The van der Waals surface area contributed by atoms with E-state index < -0.39 is 5.41 Å². The summed E-state index contributed by atoms with van der Waals surface area (Å²) in [4.78, 5) is 2.52. The zero-order chi connectivity index (χ0) is 42.9. The lowest BCUT2D eigenvalue weighted by Crippen LogP contribution is -2.28. The third kappa shape index (κ3) is 5.60. The third-order valence-corrected chi connectivity index (χ3v) is 13.8. The molecule has 0 saturated carbocycles. The van der Waals surface area contributed by atoms with Crippen molar-refractivity contribution in [3.05, 3.63) is 277 Å². The Labute approximate surface area is 378 Å². The quantitative estimate of drug-likeness (QED) is 0.145. The number of fused-ring (bicyclic) bond motifs is 9. The number of rotatable bonds is 7. The first kappa shape index (κ1) is 37.1. The van der Waals surface area contributed by atoms with E-state index in [0.29, 0.717) is 0 Å². The molecule has 11 aromatic carbocycles. The fourth-order valence-electron chi connectivity index (χ4n) is 11.1. The summed E-state index contributed by atoms with van der Waals surface area (Å²) >= 11 is 0. The van der Waals surface area contributed by atoms with E-state index in [1.54, 1.807) is 0 Å². The first-order valence-electron chi connectivity index (χ1n) is 22.5. The first-order chi connectivity index (χ1) is 32.3. The highest BCUT2D eigenvalue weighted by molar-refractivity contribution is 6.16. The summed E-state index contributed by atoms with van der Waals surface area (Å²) < 4.78 is 2.38. The molecule has 0 spiro atoms. The van der Waals surface area contributed by atoms with Crippen LogP contribution in [0.1, 0.15) is 22.3 Å². The van der Waals surface area contributed by atoms with Crippen LogP contribution in [0, 0.1) is 0 Å². The summed E-state index contributed by atoms with van der Waals surface area (Å²) in [5.74, 6) is 0. The number of anilines is 3. The molecule has 2 nitrogen and oxygen atoms in total. The molecule has 65 heavy (non-hydrogen) atoms. The summed E-state index contributed by atoms with van der Waals surface area (Å²) in [6.45, 7) is 0. The summed E-state index contributed by atoms with van der Waals surface area (Å²) in [6, 6.07) is 93.9. The number of hydrogen-bond donors (Lipinski definition) is 0. The molecule has 1 aromatic heterocycles. The molecule has 2 heteroatoms. The van der Waals surface area contributed by atoms with Crippen molar-refractivity contribution in [3.63, 3.8) is 0 Å². The Morgan fingerprint density at radius 3 is 1.71 bits per heavy atom. The van der Waals surface area contributed by atoms with Gasteiger partial charge in [-0.25, -0.2) is 0 Å². The highest BCUT2D eigenvalue weighted by atomic mass is 15.1. The van der Waals surface area contributed by atoms with Crippen LogP contribution in [-0.4, -0.2) is 4.57 Å². The molecule has 0 bridgehead atoms. The zero-order valence-corrected chi connectivity index (χ0v) is 35.6. The number of nitrogens with zero attached hydrogens (tertiary/aromatic N) is 2. The third-order valence-electron chi connectivity index (χ3n) is 13.8. The molecule has 12 aromatic rings. The van der Waals surface area contributed by atoms with Crippen LogP contribution in [0.2, 0.25) is 0 Å². The molecule has 1 heterocycles.